The van der Waals surface area contributed by atoms with Crippen LogP contribution in [0.2, 0.25) is 0 Å². The fourth-order valence-corrected chi connectivity index (χ4v) is 2.58. The molecule has 0 bridgehead atoms. The van der Waals surface area contributed by atoms with Crippen molar-refractivity contribution in [3.8, 4) is 5.75 Å². The largest absolute Gasteiger partial charge is 0.497 e. The first-order valence-electron chi connectivity index (χ1n) is 8.41. The molecule has 2 N–H and O–H groups in total. The molecule has 1 aromatic rings. The molecule has 0 aromatic heterocycles. The molecule has 1 aliphatic rings. The molecule has 25 heavy (non-hydrogen) atoms. The third-order valence-electron chi connectivity index (χ3n) is 3.96. The van der Waals surface area contributed by atoms with Gasteiger partial charge in [-0.15, -0.1) is 0 Å². The fraction of sp³-hybridized carbons (Fsp3) is 0.444. The van der Waals surface area contributed by atoms with Gasteiger partial charge in [-0.3, -0.25) is 0 Å². The predicted octanol–water partition coefficient (Wildman–Crippen LogP) is 2.59. The molecule has 1 fully saturated rings. The normalized spacial score (nSPS) is 15.0. The number of nitrogens with one attached hydrogen (secondary N) is 2. The van der Waals surface area contributed by atoms with Crippen molar-refractivity contribution in [3.63, 3.8) is 0 Å². The van der Waals surface area contributed by atoms with Crippen molar-refractivity contribution >= 4 is 18.2 Å². The molecule has 3 amide bonds. The number of piperidine rings is 1. The van der Waals surface area contributed by atoms with Gasteiger partial charge < -0.3 is 25.0 Å². The molecule has 0 atom stereocenters. The van der Waals surface area contributed by atoms with Crippen LogP contribution >= 0.6 is 0 Å². The molecule has 0 radical (unpaired) electrons. The fourth-order valence-electron chi connectivity index (χ4n) is 2.58. The van der Waals surface area contributed by atoms with Gasteiger partial charge in [-0.1, -0.05) is 12.1 Å². The summed E-state index contributed by atoms with van der Waals surface area (Å²) in [6.07, 6.45) is 4.56. The molecule has 136 valence electrons. The highest BCUT2D eigenvalue weighted by Crippen LogP contribution is 2.12. The highest BCUT2D eigenvalue weighted by molar-refractivity contribution is 5.76. The minimum absolute atomic E-state index is 0.0556. The van der Waals surface area contributed by atoms with Gasteiger partial charge in [-0.05, 0) is 43.5 Å². The first-order chi connectivity index (χ1) is 12.1. The lowest BCUT2D eigenvalue weighted by molar-refractivity contribution is 0.0958. The maximum Gasteiger partial charge on any atom is 0.409 e. The van der Waals surface area contributed by atoms with Crippen LogP contribution in [0.3, 0.4) is 0 Å². The van der Waals surface area contributed by atoms with Crippen LogP contribution in [-0.2, 0) is 4.74 Å². The van der Waals surface area contributed by atoms with E-state index in [2.05, 4.69) is 10.6 Å². The van der Waals surface area contributed by atoms with Crippen LogP contribution in [0.25, 0.3) is 6.08 Å². The molecule has 7 nitrogen and oxygen atoms in total. The lowest BCUT2D eigenvalue weighted by Gasteiger charge is -2.31. The third kappa shape index (κ3) is 6.02. The number of amides is 3. The van der Waals surface area contributed by atoms with Gasteiger partial charge in [0, 0.05) is 25.3 Å². The average molecular weight is 347 g/mol. The highest BCUT2D eigenvalue weighted by Gasteiger charge is 2.24. The van der Waals surface area contributed by atoms with E-state index in [1.807, 2.05) is 30.3 Å². The van der Waals surface area contributed by atoms with Gasteiger partial charge in [-0.25, -0.2) is 9.59 Å². The van der Waals surface area contributed by atoms with Gasteiger partial charge >= 0.3 is 12.1 Å². The Bertz CT molecular complexity index is 593. The zero-order valence-corrected chi connectivity index (χ0v) is 14.7. The number of hydrogen-bond acceptors (Lipinski definition) is 4. The van der Waals surface area contributed by atoms with Crippen LogP contribution in [-0.4, -0.2) is 49.9 Å². The smallest absolute Gasteiger partial charge is 0.409 e. The van der Waals surface area contributed by atoms with Crippen LogP contribution in [0.5, 0.6) is 5.75 Å². The lowest BCUT2D eigenvalue weighted by Crippen LogP contribution is -2.48. The number of rotatable bonds is 5. The topological polar surface area (TPSA) is 79.9 Å². The second-order valence-corrected chi connectivity index (χ2v) is 5.68. The number of carbonyl (C=O) groups excluding carboxylic acids is 2. The maximum absolute atomic E-state index is 11.9. The second-order valence-electron chi connectivity index (χ2n) is 5.68. The Kier molecular flexibility index (Phi) is 7.13. The van der Waals surface area contributed by atoms with E-state index in [4.69, 9.17) is 9.47 Å². The Hall–Kier alpha value is -2.70. The Morgan fingerprint density at radius 1 is 1.24 bits per heavy atom. The van der Waals surface area contributed by atoms with Gasteiger partial charge in [0.15, 0.2) is 0 Å². The summed E-state index contributed by atoms with van der Waals surface area (Å²) in [5, 5.41) is 5.61. The summed E-state index contributed by atoms with van der Waals surface area (Å²) in [5.41, 5.74) is 0.962. The Morgan fingerprint density at radius 2 is 1.92 bits per heavy atom. The van der Waals surface area contributed by atoms with Crippen molar-refractivity contribution in [1.82, 2.24) is 15.5 Å². The van der Waals surface area contributed by atoms with Crippen molar-refractivity contribution in [1.29, 1.82) is 0 Å². The first kappa shape index (κ1) is 18.6. The van der Waals surface area contributed by atoms with E-state index in [1.54, 1.807) is 25.1 Å². The number of ether oxygens (including phenoxy) is 2. The third-order valence-corrected chi connectivity index (χ3v) is 3.96. The number of benzene rings is 1. The molecular formula is C18H25N3O4. The summed E-state index contributed by atoms with van der Waals surface area (Å²) in [6.45, 7) is 3.34. The standard InChI is InChI=1S/C18H25N3O4/c1-3-25-18(23)21-12-9-15(10-13-21)20-17(22)19-11-8-14-4-6-16(24-2)7-5-14/h4-8,11,15H,3,9-10,12-13H2,1-2H3,(H2,19,20,22)/b11-8+. The van der Waals surface area contributed by atoms with E-state index < -0.39 is 0 Å². The predicted molar refractivity (Wildman–Crippen MR) is 95.3 cm³/mol. The SMILES string of the molecule is CCOC(=O)N1CCC(NC(=O)N/C=C/c2ccc(OC)cc2)CC1. The molecule has 2 rings (SSSR count). The monoisotopic (exact) mass is 347 g/mol. The number of carbonyl (C=O) groups is 2. The quantitative estimate of drug-likeness (QED) is 0.858. The van der Waals surface area contributed by atoms with Crippen LogP contribution in [0.4, 0.5) is 9.59 Å². The van der Waals surface area contributed by atoms with Crippen LogP contribution in [0.15, 0.2) is 30.5 Å². The summed E-state index contributed by atoms with van der Waals surface area (Å²) in [4.78, 5) is 25.2. The molecule has 1 aliphatic heterocycles. The molecule has 0 aliphatic carbocycles. The number of methoxy groups -OCH3 is 1. The number of hydrogen-bond donors (Lipinski definition) is 2. The number of nitrogens with zero attached hydrogens (tertiary/aromatic N) is 1. The van der Waals surface area contributed by atoms with Crippen LogP contribution in [0.1, 0.15) is 25.3 Å². The molecule has 1 aromatic carbocycles. The first-order valence-corrected chi connectivity index (χ1v) is 8.41. The van der Waals surface area contributed by atoms with E-state index in [1.165, 1.54) is 0 Å². The summed E-state index contributed by atoms with van der Waals surface area (Å²) in [5.74, 6) is 0.789. The van der Waals surface area contributed by atoms with Gasteiger partial charge in [0.25, 0.3) is 0 Å². The summed E-state index contributed by atoms with van der Waals surface area (Å²) >= 11 is 0. The van der Waals surface area contributed by atoms with Crippen LogP contribution in [0, 0.1) is 0 Å². The minimum Gasteiger partial charge on any atom is -0.497 e. The van der Waals surface area contributed by atoms with E-state index in [-0.39, 0.29) is 18.2 Å². The van der Waals surface area contributed by atoms with Gasteiger partial charge in [0.05, 0.1) is 13.7 Å². The average Bonchev–Trinajstić information content (AvgIpc) is 2.63. The zero-order valence-electron chi connectivity index (χ0n) is 14.7. The summed E-state index contributed by atoms with van der Waals surface area (Å²) < 4.78 is 10.1. The Labute approximate surface area is 148 Å². The minimum atomic E-state index is -0.284. The van der Waals surface area contributed by atoms with Crippen LogP contribution < -0.4 is 15.4 Å². The van der Waals surface area contributed by atoms with E-state index >= 15 is 0 Å². The Balaban J connectivity index is 1.70. The van der Waals surface area contributed by atoms with Crippen molar-refractivity contribution in [2.75, 3.05) is 26.8 Å². The van der Waals surface area contributed by atoms with E-state index in [0.29, 0.717) is 32.5 Å². The summed E-state index contributed by atoms with van der Waals surface area (Å²) in [7, 11) is 1.62. The number of likely N-dealkylation sites (tertiary alicyclic amines) is 1. The molecule has 0 unspecified atom stereocenters. The molecule has 7 heteroatoms. The lowest BCUT2D eigenvalue weighted by atomic mass is 10.1. The Morgan fingerprint density at radius 3 is 2.52 bits per heavy atom. The van der Waals surface area contributed by atoms with Gasteiger partial charge in [-0.2, -0.15) is 0 Å². The highest BCUT2D eigenvalue weighted by atomic mass is 16.6. The molecule has 0 saturated carbocycles. The van der Waals surface area contributed by atoms with Crippen molar-refractivity contribution in [3.05, 3.63) is 36.0 Å². The second kappa shape index (κ2) is 9.56. The van der Waals surface area contributed by atoms with Gasteiger partial charge in [0.1, 0.15) is 5.75 Å². The molecular weight excluding hydrogens is 322 g/mol. The van der Waals surface area contributed by atoms with Crippen molar-refractivity contribution in [2.24, 2.45) is 0 Å². The van der Waals surface area contributed by atoms with Crippen molar-refractivity contribution < 1.29 is 19.1 Å². The molecule has 0 spiro atoms. The van der Waals surface area contributed by atoms with E-state index in [0.717, 1.165) is 11.3 Å². The maximum atomic E-state index is 11.9. The van der Waals surface area contributed by atoms with Gasteiger partial charge in [0.2, 0.25) is 0 Å². The van der Waals surface area contributed by atoms with Crippen molar-refractivity contribution in [2.45, 2.75) is 25.8 Å². The number of urea groups is 1. The molecule has 1 heterocycles. The molecule has 1 saturated heterocycles. The zero-order chi connectivity index (χ0) is 18.1. The summed E-state index contributed by atoms with van der Waals surface area (Å²) in [6, 6.07) is 7.33. The van der Waals surface area contributed by atoms with E-state index in [9.17, 15) is 9.59 Å².